The zero-order valence-corrected chi connectivity index (χ0v) is 12.2. The van der Waals surface area contributed by atoms with E-state index in [0.29, 0.717) is 12.1 Å². The molecule has 0 amide bonds. The Morgan fingerprint density at radius 1 is 1.45 bits per heavy atom. The van der Waals surface area contributed by atoms with Gasteiger partial charge < -0.3 is 10.3 Å². The molecule has 0 radical (unpaired) electrons. The van der Waals surface area contributed by atoms with Crippen LogP contribution in [0.1, 0.15) is 12.5 Å². The highest BCUT2D eigenvalue weighted by atomic mass is 32.2. The number of hydrogen-bond acceptors (Lipinski definition) is 7. The van der Waals surface area contributed by atoms with Gasteiger partial charge in [-0.25, -0.2) is 10.1 Å². The van der Waals surface area contributed by atoms with Crippen LogP contribution >= 0.6 is 0 Å². The third kappa shape index (κ3) is 2.86. The number of nitrogens with zero attached hydrogens (tertiary/aromatic N) is 3. The molecule has 0 spiro atoms. The van der Waals surface area contributed by atoms with Crippen LogP contribution in [0.5, 0.6) is 0 Å². The molecule has 5 N–H and O–H groups in total. The Kier molecular flexibility index (Phi) is 3.47. The van der Waals surface area contributed by atoms with Crippen molar-refractivity contribution >= 4 is 27.4 Å². The van der Waals surface area contributed by atoms with E-state index in [4.69, 9.17) is 10.9 Å². The molecule has 0 aliphatic heterocycles. The zero-order valence-electron chi connectivity index (χ0n) is 11.3. The molecule has 2 aromatic rings. The molecule has 0 saturated heterocycles. The van der Waals surface area contributed by atoms with Crippen LogP contribution in [0, 0.1) is 5.92 Å². The van der Waals surface area contributed by atoms with Crippen LogP contribution in [0.25, 0.3) is 11.2 Å². The third-order valence-electron chi connectivity index (χ3n) is 3.40. The summed E-state index contributed by atoms with van der Waals surface area (Å²) < 4.78 is 27.9. The van der Waals surface area contributed by atoms with Gasteiger partial charge in [-0.3, -0.25) is 14.0 Å². The summed E-state index contributed by atoms with van der Waals surface area (Å²) in [5.41, 5.74) is 5.72. The molecule has 2 heterocycles. The summed E-state index contributed by atoms with van der Waals surface area (Å²) in [6.45, 7) is -0.0331. The first kappa shape index (κ1) is 14.7. The van der Waals surface area contributed by atoms with Gasteiger partial charge >= 0.3 is 10.3 Å². The second-order valence-electron chi connectivity index (χ2n) is 5.00. The predicted molar refractivity (Wildman–Crippen MR) is 77.9 cm³/mol. The lowest BCUT2D eigenvalue weighted by atomic mass is 10.1. The van der Waals surface area contributed by atoms with Crippen LogP contribution in [0.4, 0.5) is 5.95 Å². The first-order chi connectivity index (χ1) is 10.3. The second-order valence-corrected chi connectivity index (χ2v) is 6.22. The van der Waals surface area contributed by atoms with Crippen LogP contribution in [0.2, 0.25) is 0 Å². The Morgan fingerprint density at radius 3 is 2.95 bits per heavy atom. The second kappa shape index (κ2) is 5.19. The average Bonchev–Trinajstić information content (AvgIpc) is 3.01. The lowest BCUT2D eigenvalue weighted by Crippen LogP contribution is -2.20. The summed E-state index contributed by atoms with van der Waals surface area (Å²) in [5.74, 6) is -0.101. The van der Waals surface area contributed by atoms with Crippen molar-refractivity contribution in [3.8, 4) is 0 Å². The van der Waals surface area contributed by atoms with Crippen molar-refractivity contribution in [1.29, 1.82) is 0 Å². The van der Waals surface area contributed by atoms with Crippen LogP contribution in [-0.2, 0) is 14.5 Å². The fraction of sp³-hybridized carbons (Fsp3) is 0.364. The number of imidazole rings is 1. The van der Waals surface area contributed by atoms with Crippen molar-refractivity contribution in [2.45, 2.75) is 12.5 Å². The topological polar surface area (TPSA) is 159 Å². The molecule has 2 unspecified atom stereocenters. The molecule has 1 aliphatic rings. The highest BCUT2D eigenvalue weighted by Crippen LogP contribution is 2.29. The van der Waals surface area contributed by atoms with Gasteiger partial charge in [-0.1, -0.05) is 12.2 Å². The Hall–Kier alpha value is -2.24. The minimum absolute atomic E-state index is 0.00957. The standard InChI is InChI=1S/C11H14N6O4S/c12-11-15-9-8(10(18)16-11)14-5-17(9)7-2-1-6(3-7)4-21-22(13,19)20/h1-2,5-7H,3-4H2,(H2,13,19,20)(H3,12,15,16,18). The van der Waals surface area contributed by atoms with E-state index >= 15 is 0 Å². The summed E-state index contributed by atoms with van der Waals surface area (Å²) in [5, 5.41) is 4.80. The van der Waals surface area contributed by atoms with Crippen molar-refractivity contribution < 1.29 is 12.6 Å². The third-order valence-corrected chi connectivity index (χ3v) is 3.87. The molecule has 0 saturated carbocycles. The van der Waals surface area contributed by atoms with Gasteiger partial charge in [0.15, 0.2) is 11.2 Å². The molecule has 0 fully saturated rings. The molecule has 1 aliphatic carbocycles. The van der Waals surface area contributed by atoms with Gasteiger partial charge in [-0.15, -0.1) is 0 Å². The van der Waals surface area contributed by atoms with Gasteiger partial charge in [0.25, 0.3) is 5.56 Å². The molecule has 11 heteroatoms. The molecule has 2 atom stereocenters. The summed E-state index contributed by atoms with van der Waals surface area (Å²) in [6.07, 6.45) is 5.79. The van der Waals surface area contributed by atoms with Crippen LogP contribution in [0.3, 0.4) is 0 Å². The highest BCUT2D eigenvalue weighted by molar-refractivity contribution is 7.84. The van der Waals surface area contributed by atoms with Gasteiger partial charge in [0, 0.05) is 5.92 Å². The molecule has 118 valence electrons. The van der Waals surface area contributed by atoms with Crippen molar-refractivity contribution in [1.82, 2.24) is 19.5 Å². The van der Waals surface area contributed by atoms with Crippen molar-refractivity contribution in [3.05, 3.63) is 28.8 Å². The highest BCUT2D eigenvalue weighted by Gasteiger charge is 2.24. The molecular weight excluding hydrogens is 312 g/mol. The Bertz CT molecular complexity index is 899. The van der Waals surface area contributed by atoms with E-state index in [1.807, 2.05) is 12.2 Å². The average molecular weight is 326 g/mol. The number of aromatic nitrogens is 4. The largest absolute Gasteiger partial charge is 0.369 e. The van der Waals surface area contributed by atoms with Gasteiger partial charge in [-0.2, -0.15) is 13.4 Å². The van der Waals surface area contributed by atoms with E-state index in [2.05, 4.69) is 19.1 Å². The summed E-state index contributed by atoms with van der Waals surface area (Å²) in [6, 6.07) is -0.118. The monoisotopic (exact) mass is 326 g/mol. The minimum Gasteiger partial charge on any atom is -0.369 e. The van der Waals surface area contributed by atoms with Gasteiger partial charge in [-0.05, 0) is 6.42 Å². The minimum atomic E-state index is -3.96. The SMILES string of the molecule is Nc1nc2c(ncn2C2C=CC(COS(N)(=O)=O)C2)c(=O)[nH]1. The molecule has 0 bridgehead atoms. The Morgan fingerprint density at radius 2 is 2.23 bits per heavy atom. The molecule has 10 nitrogen and oxygen atoms in total. The van der Waals surface area contributed by atoms with E-state index in [9.17, 15) is 13.2 Å². The van der Waals surface area contributed by atoms with Crippen LogP contribution < -0.4 is 16.4 Å². The van der Waals surface area contributed by atoms with Crippen LogP contribution in [0.15, 0.2) is 23.3 Å². The molecule has 0 aromatic carbocycles. The number of fused-ring (bicyclic) bond motifs is 1. The number of allylic oxidation sites excluding steroid dienone is 1. The Labute approximate surface area is 125 Å². The summed E-state index contributed by atoms with van der Waals surface area (Å²) in [7, 11) is -3.96. The summed E-state index contributed by atoms with van der Waals surface area (Å²) >= 11 is 0. The normalized spacial score (nSPS) is 21.7. The number of aromatic amines is 1. The number of anilines is 1. The zero-order chi connectivity index (χ0) is 15.9. The molecule has 2 aromatic heterocycles. The molecule has 3 rings (SSSR count). The maximum absolute atomic E-state index is 11.7. The van der Waals surface area contributed by atoms with Crippen LogP contribution in [-0.4, -0.2) is 34.5 Å². The number of rotatable bonds is 4. The maximum atomic E-state index is 11.7. The molecular formula is C11H14N6O4S. The fourth-order valence-corrected chi connectivity index (χ4v) is 2.82. The number of nitrogen functional groups attached to an aromatic ring is 1. The summed E-state index contributed by atoms with van der Waals surface area (Å²) in [4.78, 5) is 22.2. The van der Waals surface area contributed by atoms with E-state index < -0.39 is 15.9 Å². The number of nitrogens with two attached hydrogens (primary N) is 2. The van der Waals surface area contributed by atoms with E-state index in [1.165, 1.54) is 6.33 Å². The van der Waals surface area contributed by atoms with Crippen molar-refractivity contribution in [3.63, 3.8) is 0 Å². The van der Waals surface area contributed by atoms with Gasteiger partial charge in [0.05, 0.1) is 19.0 Å². The van der Waals surface area contributed by atoms with Gasteiger partial charge in [0.2, 0.25) is 5.95 Å². The van der Waals surface area contributed by atoms with E-state index in [0.717, 1.165) is 0 Å². The number of nitrogens with one attached hydrogen (secondary N) is 1. The predicted octanol–water partition coefficient (Wildman–Crippen LogP) is -0.961. The van der Waals surface area contributed by atoms with E-state index in [-0.39, 0.29) is 30.0 Å². The lowest BCUT2D eigenvalue weighted by molar-refractivity contribution is 0.271. The quantitative estimate of drug-likeness (QED) is 0.610. The first-order valence-corrected chi connectivity index (χ1v) is 7.88. The maximum Gasteiger partial charge on any atom is 0.333 e. The van der Waals surface area contributed by atoms with Crippen molar-refractivity contribution in [2.24, 2.45) is 11.1 Å². The number of H-pyrrole nitrogens is 1. The lowest BCUT2D eigenvalue weighted by Gasteiger charge is -2.13. The Balaban J connectivity index is 1.82. The smallest absolute Gasteiger partial charge is 0.333 e. The van der Waals surface area contributed by atoms with Crippen molar-refractivity contribution in [2.75, 3.05) is 12.3 Å². The first-order valence-electron chi connectivity index (χ1n) is 6.41. The molecule has 22 heavy (non-hydrogen) atoms. The van der Waals surface area contributed by atoms with E-state index in [1.54, 1.807) is 4.57 Å². The van der Waals surface area contributed by atoms with Gasteiger partial charge in [0.1, 0.15) is 0 Å². The fourth-order valence-electron chi connectivity index (χ4n) is 2.45. The number of hydrogen-bond donors (Lipinski definition) is 3.